The van der Waals surface area contributed by atoms with Crippen molar-refractivity contribution in [3.8, 4) is 0 Å². The van der Waals surface area contributed by atoms with Crippen LogP contribution in [0, 0.1) is 11.8 Å². The maximum absolute atomic E-state index is 3.92. The van der Waals surface area contributed by atoms with Crippen molar-refractivity contribution in [2.75, 3.05) is 0 Å². The van der Waals surface area contributed by atoms with Crippen molar-refractivity contribution in [2.45, 2.75) is 34.1 Å². The van der Waals surface area contributed by atoms with E-state index in [9.17, 15) is 0 Å². The molecule has 0 heterocycles. The molecule has 0 aromatic carbocycles. The van der Waals surface area contributed by atoms with Crippen molar-refractivity contribution >= 4 is 6.72 Å². The van der Waals surface area contributed by atoms with Crippen molar-refractivity contribution in [1.29, 1.82) is 0 Å². The molecule has 0 aliphatic heterocycles. The number of hydrogen-bond acceptors (Lipinski definition) is 1. The zero-order chi connectivity index (χ0) is 12.8. The lowest BCUT2D eigenvalue weighted by molar-refractivity contribution is 0.730. The van der Waals surface area contributed by atoms with Gasteiger partial charge in [0.15, 0.2) is 0 Å². The highest BCUT2D eigenvalue weighted by Crippen LogP contribution is 2.24. The number of hydrogen-bond donors (Lipinski definition) is 0. The highest BCUT2D eigenvalue weighted by Gasteiger charge is 2.08. The van der Waals surface area contributed by atoms with E-state index in [4.69, 9.17) is 0 Å². The van der Waals surface area contributed by atoms with Gasteiger partial charge in [0.2, 0.25) is 0 Å². The SMILES string of the molecule is C=NC=C(C=C(C)C(C)C)C1=CC(C)CC=C1. The van der Waals surface area contributed by atoms with Gasteiger partial charge in [0, 0.05) is 6.20 Å². The molecule has 1 nitrogen and oxygen atoms in total. The first-order valence-electron chi connectivity index (χ1n) is 6.27. The van der Waals surface area contributed by atoms with E-state index < -0.39 is 0 Å². The summed E-state index contributed by atoms with van der Waals surface area (Å²) in [6.07, 6.45) is 11.9. The smallest absolute Gasteiger partial charge is 0.0338 e. The summed E-state index contributed by atoms with van der Waals surface area (Å²) in [5.41, 5.74) is 3.79. The summed E-state index contributed by atoms with van der Waals surface area (Å²) in [5, 5.41) is 0. The number of aliphatic imine (C=N–C) groups is 1. The molecule has 92 valence electrons. The predicted molar refractivity (Wildman–Crippen MR) is 77.2 cm³/mol. The van der Waals surface area contributed by atoms with Crippen molar-refractivity contribution in [1.82, 2.24) is 0 Å². The Morgan fingerprint density at radius 1 is 1.53 bits per heavy atom. The summed E-state index contributed by atoms with van der Waals surface area (Å²) < 4.78 is 0. The highest BCUT2D eigenvalue weighted by molar-refractivity contribution is 5.49. The largest absolute Gasteiger partial charge is 0.272 e. The summed E-state index contributed by atoms with van der Waals surface area (Å²) in [6, 6.07) is 0. The van der Waals surface area contributed by atoms with Crippen LogP contribution in [0.4, 0.5) is 0 Å². The molecule has 0 saturated heterocycles. The quantitative estimate of drug-likeness (QED) is 0.489. The van der Waals surface area contributed by atoms with Gasteiger partial charge in [0.05, 0.1) is 0 Å². The van der Waals surface area contributed by atoms with Crippen LogP contribution in [0.3, 0.4) is 0 Å². The zero-order valence-electron chi connectivity index (χ0n) is 11.4. The number of rotatable bonds is 4. The Kier molecular flexibility index (Phi) is 5.14. The van der Waals surface area contributed by atoms with Gasteiger partial charge in [-0.1, -0.05) is 50.6 Å². The summed E-state index contributed by atoms with van der Waals surface area (Å²) in [7, 11) is 0. The van der Waals surface area contributed by atoms with Crippen LogP contribution in [0.15, 0.2) is 52.2 Å². The van der Waals surface area contributed by atoms with Crippen molar-refractivity contribution in [2.24, 2.45) is 16.8 Å². The molecule has 0 fully saturated rings. The zero-order valence-corrected chi connectivity index (χ0v) is 11.4. The van der Waals surface area contributed by atoms with Gasteiger partial charge < -0.3 is 0 Å². The summed E-state index contributed by atoms with van der Waals surface area (Å²) in [5.74, 6) is 1.17. The van der Waals surface area contributed by atoms with Crippen LogP contribution in [-0.2, 0) is 0 Å². The normalized spacial score (nSPS) is 21.7. The average molecular weight is 229 g/mol. The fourth-order valence-corrected chi connectivity index (χ4v) is 1.74. The van der Waals surface area contributed by atoms with Crippen LogP contribution in [-0.4, -0.2) is 6.72 Å². The lowest BCUT2D eigenvalue weighted by atomic mass is 9.92. The van der Waals surface area contributed by atoms with Gasteiger partial charge in [-0.05, 0) is 43.0 Å². The molecular weight excluding hydrogens is 206 g/mol. The van der Waals surface area contributed by atoms with E-state index in [0.717, 1.165) is 12.0 Å². The molecule has 1 aliphatic rings. The molecule has 1 rings (SSSR count). The summed E-state index contributed by atoms with van der Waals surface area (Å²) in [4.78, 5) is 3.92. The van der Waals surface area contributed by atoms with E-state index in [-0.39, 0.29) is 0 Å². The van der Waals surface area contributed by atoms with Crippen LogP contribution >= 0.6 is 0 Å². The van der Waals surface area contributed by atoms with Crippen LogP contribution in [0.5, 0.6) is 0 Å². The van der Waals surface area contributed by atoms with E-state index in [1.54, 1.807) is 0 Å². The number of allylic oxidation sites excluding steroid dienone is 7. The standard InChI is InChI=1S/C16H23N/c1-12(2)14(4)10-16(11-17-5)15-8-6-7-13(3)9-15/h6,8-13H,5,7H2,1-4H3. The molecule has 0 bridgehead atoms. The number of nitrogens with zero attached hydrogens (tertiary/aromatic N) is 1. The highest BCUT2D eigenvalue weighted by atomic mass is 14.6. The molecule has 1 aliphatic carbocycles. The minimum absolute atomic E-state index is 0.564. The van der Waals surface area contributed by atoms with E-state index >= 15 is 0 Å². The van der Waals surface area contributed by atoms with Crippen LogP contribution in [0.25, 0.3) is 0 Å². The van der Waals surface area contributed by atoms with Gasteiger partial charge in [-0.25, -0.2) is 0 Å². The molecule has 1 heteroatoms. The van der Waals surface area contributed by atoms with Crippen molar-refractivity contribution < 1.29 is 0 Å². The Morgan fingerprint density at radius 2 is 2.24 bits per heavy atom. The van der Waals surface area contributed by atoms with E-state index in [1.807, 2.05) is 6.20 Å². The Morgan fingerprint density at radius 3 is 2.76 bits per heavy atom. The van der Waals surface area contributed by atoms with Crippen LogP contribution in [0.1, 0.15) is 34.1 Å². The minimum Gasteiger partial charge on any atom is -0.272 e. The fraction of sp³-hybridized carbons (Fsp3) is 0.438. The van der Waals surface area contributed by atoms with Gasteiger partial charge in [-0.3, -0.25) is 4.99 Å². The van der Waals surface area contributed by atoms with Gasteiger partial charge in [0.25, 0.3) is 0 Å². The molecule has 1 unspecified atom stereocenters. The van der Waals surface area contributed by atoms with E-state index in [2.05, 4.69) is 63.7 Å². The second-order valence-corrected chi connectivity index (χ2v) is 5.05. The average Bonchev–Trinajstić information content (AvgIpc) is 2.28. The van der Waals surface area contributed by atoms with Gasteiger partial charge >= 0.3 is 0 Å². The van der Waals surface area contributed by atoms with Crippen LogP contribution in [0.2, 0.25) is 0 Å². The lowest BCUT2D eigenvalue weighted by Crippen LogP contribution is -1.98. The molecular formula is C16H23N. The molecule has 0 spiro atoms. The third kappa shape index (κ3) is 4.18. The first kappa shape index (κ1) is 13.7. The fourth-order valence-electron chi connectivity index (χ4n) is 1.74. The van der Waals surface area contributed by atoms with Crippen molar-refractivity contribution in [3.63, 3.8) is 0 Å². The van der Waals surface area contributed by atoms with Gasteiger partial charge in [0.1, 0.15) is 0 Å². The molecule has 0 aromatic heterocycles. The van der Waals surface area contributed by atoms with Gasteiger partial charge in [-0.2, -0.15) is 0 Å². The summed E-state index contributed by atoms with van der Waals surface area (Å²) >= 11 is 0. The Labute approximate surface area is 105 Å². The van der Waals surface area contributed by atoms with E-state index in [0.29, 0.717) is 11.8 Å². The maximum atomic E-state index is 3.92. The maximum Gasteiger partial charge on any atom is 0.0338 e. The first-order chi connectivity index (χ1) is 8.04. The molecule has 0 N–H and O–H groups in total. The second kappa shape index (κ2) is 6.39. The predicted octanol–water partition coefficient (Wildman–Crippen LogP) is 4.70. The molecule has 0 saturated carbocycles. The second-order valence-electron chi connectivity index (χ2n) is 5.05. The molecule has 0 radical (unpaired) electrons. The van der Waals surface area contributed by atoms with Gasteiger partial charge in [-0.15, -0.1) is 0 Å². The Bertz CT molecular complexity index is 392. The molecule has 1 atom stereocenters. The summed E-state index contributed by atoms with van der Waals surface area (Å²) in [6.45, 7) is 12.4. The van der Waals surface area contributed by atoms with Crippen LogP contribution < -0.4 is 0 Å². The third-order valence-electron chi connectivity index (χ3n) is 3.13. The third-order valence-corrected chi connectivity index (χ3v) is 3.13. The lowest BCUT2D eigenvalue weighted by Gasteiger charge is -2.14. The molecule has 0 amide bonds. The Balaban J connectivity index is 3.03. The minimum atomic E-state index is 0.564. The monoisotopic (exact) mass is 229 g/mol. The topological polar surface area (TPSA) is 12.4 Å². The molecule has 17 heavy (non-hydrogen) atoms. The Hall–Kier alpha value is -1.37. The first-order valence-corrected chi connectivity index (χ1v) is 6.27. The van der Waals surface area contributed by atoms with E-state index in [1.165, 1.54) is 11.1 Å². The van der Waals surface area contributed by atoms with Crippen molar-refractivity contribution in [3.05, 3.63) is 47.2 Å². The molecule has 0 aromatic rings.